The zero-order valence-corrected chi connectivity index (χ0v) is 11.6. The third-order valence-corrected chi connectivity index (χ3v) is 3.67. The van der Waals surface area contributed by atoms with Crippen LogP contribution in [0.2, 0.25) is 5.02 Å². The van der Waals surface area contributed by atoms with Gasteiger partial charge in [0.1, 0.15) is 5.82 Å². The lowest BCUT2D eigenvalue weighted by atomic mass is 9.91. The summed E-state index contributed by atoms with van der Waals surface area (Å²) in [5.41, 5.74) is -0.372. The average Bonchev–Trinajstić information content (AvgIpc) is 2.34. The predicted octanol–water partition coefficient (Wildman–Crippen LogP) is 2.45. The highest BCUT2D eigenvalue weighted by atomic mass is 79.9. The molecule has 2 heterocycles. The summed E-state index contributed by atoms with van der Waals surface area (Å²) in [4.78, 5) is 4.22. The van der Waals surface area contributed by atoms with Gasteiger partial charge in [-0.25, -0.2) is 4.98 Å². The van der Waals surface area contributed by atoms with E-state index in [1.807, 2.05) is 0 Å². The summed E-state index contributed by atoms with van der Waals surface area (Å²) in [7, 11) is 0. The Morgan fingerprint density at radius 2 is 2.24 bits per heavy atom. The van der Waals surface area contributed by atoms with Crippen molar-refractivity contribution < 1.29 is 9.84 Å². The normalized spacial score (nSPS) is 19.0. The van der Waals surface area contributed by atoms with Crippen LogP contribution in [0, 0.1) is 0 Å². The third kappa shape index (κ3) is 3.10. The molecule has 1 aliphatic rings. The van der Waals surface area contributed by atoms with Gasteiger partial charge < -0.3 is 15.2 Å². The summed E-state index contributed by atoms with van der Waals surface area (Å²) in [5.74, 6) is 0.603. The van der Waals surface area contributed by atoms with Crippen LogP contribution in [-0.2, 0) is 4.74 Å². The summed E-state index contributed by atoms with van der Waals surface area (Å²) in [6, 6.07) is 1.78. The van der Waals surface area contributed by atoms with E-state index < -0.39 is 0 Å². The molecule has 0 unspecified atom stereocenters. The molecule has 0 atom stereocenters. The maximum atomic E-state index is 9.55. The molecular formula is C11H14BrClN2O2. The quantitative estimate of drug-likeness (QED) is 0.898. The van der Waals surface area contributed by atoms with Crippen LogP contribution < -0.4 is 5.32 Å². The number of pyridine rings is 1. The monoisotopic (exact) mass is 320 g/mol. The second-order valence-corrected chi connectivity index (χ2v) is 5.48. The molecule has 1 aromatic heterocycles. The van der Waals surface area contributed by atoms with Crippen LogP contribution >= 0.6 is 27.5 Å². The minimum atomic E-state index is -0.372. The molecule has 0 aromatic carbocycles. The molecule has 4 nitrogen and oxygen atoms in total. The van der Waals surface area contributed by atoms with E-state index in [9.17, 15) is 5.11 Å². The first-order chi connectivity index (χ1) is 8.15. The Bertz CT molecular complexity index is 397. The Morgan fingerprint density at radius 1 is 1.53 bits per heavy atom. The number of ether oxygens (including phenoxy) is 1. The van der Waals surface area contributed by atoms with Crippen LogP contribution in [0.25, 0.3) is 0 Å². The molecule has 0 amide bonds. The van der Waals surface area contributed by atoms with E-state index in [-0.39, 0.29) is 12.1 Å². The molecule has 0 saturated carbocycles. The fourth-order valence-corrected chi connectivity index (χ4v) is 2.52. The minimum absolute atomic E-state index is 0.0461. The molecule has 1 saturated heterocycles. The van der Waals surface area contributed by atoms with Gasteiger partial charge in [-0.05, 0) is 34.8 Å². The molecule has 0 aliphatic carbocycles. The number of halogens is 2. The number of anilines is 1. The molecule has 94 valence electrons. The van der Waals surface area contributed by atoms with E-state index in [0.717, 1.165) is 17.3 Å². The summed E-state index contributed by atoms with van der Waals surface area (Å²) in [6.45, 7) is 1.33. The van der Waals surface area contributed by atoms with Crippen molar-refractivity contribution in [3.8, 4) is 0 Å². The van der Waals surface area contributed by atoms with Crippen molar-refractivity contribution in [2.24, 2.45) is 0 Å². The van der Waals surface area contributed by atoms with Crippen molar-refractivity contribution in [1.29, 1.82) is 0 Å². The number of hydrogen-bond donors (Lipinski definition) is 2. The summed E-state index contributed by atoms with van der Waals surface area (Å²) in [5, 5.41) is 13.3. The summed E-state index contributed by atoms with van der Waals surface area (Å²) >= 11 is 9.41. The molecule has 1 aromatic rings. The molecule has 2 N–H and O–H groups in total. The van der Waals surface area contributed by atoms with E-state index in [1.54, 1.807) is 12.3 Å². The molecule has 1 aliphatic heterocycles. The highest BCUT2D eigenvalue weighted by Crippen LogP contribution is 2.29. The molecule has 6 heteroatoms. The third-order valence-electron chi connectivity index (χ3n) is 2.94. The van der Waals surface area contributed by atoms with Gasteiger partial charge in [0.05, 0.1) is 17.2 Å². The molecule has 17 heavy (non-hydrogen) atoms. The Balaban J connectivity index is 2.17. The van der Waals surface area contributed by atoms with Crippen molar-refractivity contribution in [3.05, 3.63) is 21.8 Å². The number of rotatable bonds is 3. The van der Waals surface area contributed by atoms with Crippen molar-refractivity contribution in [2.45, 2.75) is 18.4 Å². The van der Waals surface area contributed by atoms with Crippen LogP contribution in [0.4, 0.5) is 5.82 Å². The van der Waals surface area contributed by atoms with Crippen molar-refractivity contribution >= 4 is 33.3 Å². The van der Waals surface area contributed by atoms with Gasteiger partial charge in [0.25, 0.3) is 0 Å². The second-order valence-electron chi connectivity index (χ2n) is 4.16. The molecule has 2 rings (SSSR count). The number of nitrogens with one attached hydrogen (secondary N) is 1. The Morgan fingerprint density at radius 3 is 2.82 bits per heavy atom. The van der Waals surface area contributed by atoms with Gasteiger partial charge in [-0.1, -0.05) is 11.6 Å². The van der Waals surface area contributed by atoms with Gasteiger partial charge in [-0.2, -0.15) is 0 Å². The first-order valence-corrected chi connectivity index (χ1v) is 6.60. The largest absolute Gasteiger partial charge is 0.394 e. The number of aliphatic hydroxyl groups excluding tert-OH is 1. The molecule has 1 fully saturated rings. The summed E-state index contributed by atoms with van der Waals surface area (Å²) < 4.78 is 6.13. The number of hydrogen-bond acceptors (Lipinski definition) is 4. The van der Waals surface area contributed by atoms with E-state index in [1.165, 1.54) is 0 Å². The first-order valence-electron chi connectivity index (χ1n) is 5.43. The Kier molecular flexibility index (Phi) is 4.25. The smallest absolute Gasteiger partial charge is 0.145 e. The van der Waals surface area contributed by atoms with Crippen molar-refractivity contribution in [1.82, 2.24) is 4.98 Å². The molecule has 0 bridgehead atoms. The van der Waals surface area contributed by atoms with E-state index in [2.05, 4.69) is 26.2 Å². The van der Waals surface area contributed by atoms with Gasteiger partial charge in [-0.3, -0.25) is 0 Å². The van der Waals surface area contributed by atoms with E-state index in [4.69, 9.17) is 16.3 Å². The lowest BCUT2D eigenvalue weighted by Crippen LogP contribution is -2.47. The van der Waals surface area contributed by atoms with Crippen LogP contribution in [0.1, 0.15) is 12.8 Å². The van der Waals surface area contributed by atoms with Crippen LogP contribution in [0.5, 0.6) is 0 Å². The number of aromatic nitrogens is 1. The number of nitrogens with zero attached hydrogens (tertiary/aromatic N) is 1. The fourth-order valence-electron chi connectivity index (χ4n) is 1.84. The first kappa shape index (κ1) is 13.1. The van der Waals surface area contributed by atoms with Gasteiger partial charge in [-0.15, -0.1) is 0 Å². The van der Waals surface area contributed by atoms with Gasteiger partial charge in [0.15, 0.2) is 0 Å². The highest BCUT2D eigenvalue weighted by Gasteiger charge is 2.32. The number of aliphatic hydroxyl groups is 1. The topological polar surface area (TPSA) is 54.4 Å². The maximum Gasteiger partial charge on any atom is 0.145 e. The van der Waals surface area contributed by atoms with Gasteiger partial charge in [0, 0.05) is 23.9 Å². The van der Waals surface area contributed by atoms with E-state index in [0.29, 0.717) is 24.1 Å². The van der Waals surface area contributed by atoms with Crippen LogP contribution in [0.15, 0.2) is 16.7 Å². The lowest BCUT2D eigenvalue weighted by molar-refractivity contribution is 0.0378. The van der Waals surface area contributed by atoms with Crippen LogP contribution in [-0.4, -0.2) is 35.5 Å². The molecular weight excluding hydrogens is 307 g/mol. The lowest BCUT2D eigenvalue weighted by Gasteiger charge is -2.37. The molecule has 0 spiro atoms. The van der Waals surface area contributed by atoms with Crippen LogP contribution in [0.3, 0.4) is 0 Å². The SMILES string of the molecule is OCC1(Nc2ncc(Br)cc2Cl)CCOCC1. The average molecular weight is 322 g/mol. The van der Waals surface area contributed by atoms with Gasteiger partial charge >= 0.3 is 0 Å². The Hall–Kier alpha value is -0.360. The highest BCUT2D eigenvalue weighted by molar-refractivity contribution is 9.10. The fraction of sp³-hybridized carbons (Fsp3) is 0.545. The predicted molar refractivity (Wildman–Crippen MR) is 70.4 cm³/mol. The van der Waals surface area contributed by atoms with Crippen molar-refractivity contribution in [2.75, 3.05) is 25.1 Å². The zero-order chi connectivity index (χ0) is 12.3. The Labute approximate surface area is 113 Å². The maximum absolute atomic E-state index is 9.55. The summed E-state index contributed by atoms with van der Waals surface area (Å²) in [6.07, 6.45) is 3.17. The molecule has 0 radical (unpaired) electrons. The van der Waals surface area contributed by atoms with Crippen molar-refractivity contribution in [3.63, 3.8) is 0 Å². The zero-order valence-electron chi connectivity index (χ0n) is 9.25. The minimum Gasteiger partial charge on any atom is -0.394 e. The van der Waals surface area contributed by atoms with Gasteiger partial charge in [0.2, 0.25) is 0 Å². The van der Waals surface area contributed by atoms with E-state index >= 15 is 0 Å². The second kappa shape index (κ2) is 5.52. The standard InChI is InChI=1S/C11H14BrClN2O2/c12-8-5-9(13)10(14-6-8)15-11(7-16)1-3-17-4-2-11/h5-6,16H,1-4,7H2,(H,14,15).